The zero-order valence-corrected chi connectivity index (χ0v) is 14.7. The quantitative estimate of drug-likeness (QED) is 0.298. The van der Waals surface area contributed by atoms with Crippen LogP contribution in [0.1, 0.15) is 60.3 Å². The molecule has 0 aliphatic heterocycles. The standard InChI is InChI=1S/C12H22O4.C2H6O.BH3O3/c1-9(2)15-11(13)7-5-6-8-12(14)16-10(3)4;1-2-3;2-1(3)4/h9-10H,5-8H2,1-4H3;3H,2H2,1H3;2-4H. The summed E-state index contributed by atoms with van der Waals surface area (Å²) in [7, 11) is -2.17. The molecule has 138 valence electrons. The smallest absolute Gasteiger partial charge is 0.463 e. The highest BCUT2D eigenvalue weighted by atomic mass is 16.5. The van der Waals surface area contributed by atoms with Crippen LogP contribution in [0.4, 0.5) is 0 Å². The molecule has 0 aliphatic rings. The Morgan fingerprint density at radius 2 is 1.09 bits per heavy atom. The van der Waals surface area contributed by atoms with E-state index in [-0.39, 0.29) is 30.8 Å². The molecule has 9 heteroatoms. The van der Waals surface area contributed by atoms with E-state index < -0.39 is 7.32 Å². The first-order valence-electron chi connectivity index (χ1n) is 7.60. The first-order chi connectivity index (χ1) is 10.6. The Morgan fingerprint density at radius 1 is 0.870 bits per heavy atom. The summed E-state index contributed by atoms with van der Waals surface area (Å²) in [5.41, 5.74) is 0. The van der Waals surface area contributed by atoms with Gasteiger partial charge in [0.25, 0.3) is 0 Å². The Labute approximate surface area is 138 Å². The summed E-state index contributed by atoms with van der Waals surface area (Å²) in [5, 5.41) is 29.1. The first-order valence-corrected chi connectivity index (χ1v) is 7.60. The molecule has 0 aromatic carbocycles. The minimum Gasteiger partial charge on any atom is -0.463 e. The molecule has 0 spiro atoms. The van der Waals surface area contributed by atoms with Crippen molar-refractivity contribution in [1.29, 1.82) is 0 Å². The van der Waals surface area contributed by atoms with Crippen molar-refractivity contribution < 1.29 is 39.2 Å². The van der Waals surface area contributed by atoms with E-state index in [1.54, 1.807) is 6.92 Å². The highest BCUT2D eigenvalue weighted by molar-refractivity contribution is 6.30. The number of rotatable bonds is 7. The predicted molar refractivity (Wildman–Crippen MR) is 86.1 cm³/mol. The van der Waals surface area contributed by atoms with E-state index in [9.17, 15) is 9.59 Å². The molecule has 0 atom stereocenters. The average molecular weight is 338 g/mol. The molecule has 8 nitrogen and oxygen atoms in total. The monoisotopic (exact) mass is 338 g/mol. The van der Waals surface area contributed by atoms with Crippen LogP contribution in [0.15, 0.2) is 0 Å². The third-order valence-electron chi connectivity index (χ3n) is 1.75. The number of aliphatic hydroxyl groups excluding tert-OH is 1. The van der Waals surface area contributed by atoms with Crippen LogP contribution in [0.25, 0.3) is 0 Å². The molecule has 0 aromatic rings. The zero-order valence-electron chi connectivity index (χ0n) is 14.7. The lowest BCUT2D eigenvalue weighted by molar-refractivity contribution is -0.149. The second kappa shape index (κ2) is 18.9. The van der Waals surface area contributed by atoms with E-state index in [1.807, 2.05) is 27.7 Å². The number of aliphatic hydroxyl groups is 1. The van der Waals surface area contributed by atoms with E-state index in [0.29, 0.717) is 25.7 Å². The van der Waals surface area contributed by atoms with Gasteiger partial charge in [-0.05, 0) is 47.5 Å². The van der Waals surface area contributed by atoms with Gasteiger partial charge < -0.3 is 29.7 Å². The van der Waals surface area contributed by atoms with Crippen LogP contribution >= 0.6 is 0 Å². The van der Waals surface area contributed by atoms with Crippen LogP contribution in [-0.4, -0.2) is 58.3 Å². The van der Waals surface area contributed by atoms with Crippen LogP contribution in [-0.2, 0) is 19.1 Å². The fourth-order valence-electron chi connectivity index (χ4n) is 1.18. The van der Waals surface area contributed by atoms with Gasteiger partial charge >= 0.3 is 19.3 Å². The average Bonchev–Trinajstić information content (AvgIpc) is 2.33. The van der Waals surface area contributed by atoms with Gasteiger partial charge in [0.1, 0.15) is 0 Å². The number of ether oxygens (including phenoxy) is 2. The number of hydrogen-bond donors (Lipinski definition) is 4. The molecule has 0 saturated heterocycles. The van der Waals surface area contributed by atoms with E-state index in [4.69, 9.17) is 29.7 Å². The molecule has 0 unspecified atom stereocenters. The van der Waals surface area contributed by atoms with Gasteiger partial charge in [-0.15, -0.1) is 0 Å². The molecule has 4 N–H and O–H groups in total. The van der Waals surface area contributed by atoms with Gasteiger partial charge in [0.2, 0.25) is 0 Å². The van der Waals surface area contributed by atoms with E-state index in [1.165, 1.54) is 0 Å². The van der Waals surface area contributed by atoms with Gasteiger partial charge in [-0.1, -0.05) is 0 Å². The van der Waals surface area contributed by atoms with Gasteiger partial charge in [0.15, 0.2) is 0 Å². The lowest BCUT2D eigenvalue weighted by Gasteiger charge is -2.08. The Hall–Kier alpha value is -1.16. The number of carbonyl (C=O) groups is 2. The van der Waals surface area contributed by atoms with Crippen molar-refractivity contribution in [1.82, 2.24) is 0 Å². The van der Waals surface area contributed by atoms with Crippen molar-refractivity contribution in [3.05, 3.63) is 0 Å². The Bertz CT molecular complexity index is 255. The molecule has 0 amide bonds. The second-order valence-electron chi connectivity index (χ2n) is 4.95. The summed E-state index contributed by atoms with van der Waals surface area (Å²) in [6, 6.07) is 0. The van der Waals surface area contributed by atoms with Crippen molar-refractivity contribution in [3.63, 3.8) is 0 Å². The molecule has 0 heterocycles. The normalized spacial score (nSPS) is 9.35. The highest BCUT2D eigenvalue weighted by Crippen LogP contribution is 2.05. The fourth-order valence-corrected chi connectivity index (χ4v) is 1.18. The summed E-state index contributed by atoms with van der Waals surface area (Å²) in [6.07, 6.45) is 1.93. The van der Waals surface area contributed by atoms with Crippen LogP contribution in [0.3, 0.4) is 0 Å². The maximum absolute atomic E-state index is 11.1. The van der Waals surface area contributed by atoms with Gasteiger partial charge in [0.05, 0.1) is 12.2 Å². The summed E-state index contributed by atoms with van der Waals surface area (Å²) in [4.78, 5) is 22.3. The maximum Gasteiger partial charge on any atom is 0.631 e. The third kappa shape index (κ3) is 38.6. The molecule has 0 rings (SSSR count). The summed E-state index contributed by atoms with van der Waals surface area (Å²) in [6.45, 7) is 9.20. The van der Waals surface area contributed by atoms with Crippen molar-refractivity contribution in [3.8, 4) is 0 Å². The Balaban J connectivity index is -0.000000480. The summed E-state index contributed by atoms with van der Waals surface area (Å²) in [5.74, 6) is -0.403. The molecule has 0 aliphatic carbocycles. The topological polar surface area (TPSA) is 134 Å². The number of hydrogen-bond acceptors (Lipinski definition) is 8. The largest absolute Gasteiger partial charge is 0.631 e. The van der Waals surface area contributed by atoms with Crippen molar-refractivity contribution in [2.24, 2.45) is 0 Å². The minimum absolute atomic E-state index is 0.0709. The minimum atomic E-state index is -2.17. The predicted octanol–water partition coefficient (Wildman–Crippen LogP) is 0.397. The summed E-state index contributed by atoms with van der Waals surface area (Å²) < 4.78 is 9.93. The van der Waals surface area contributed by atoms with Crippen molar-refractivity contribution in [2.45, 2.75) is 72.5 Å². The number of esters is 2. The maximum atomic E-state index is 11.1. The number of unbranched alkanes of at least 4 members (excludes halogenated alkanes) is 1. The van der Waals surface area contributed by atoms with Crippen LogP contribution in [0, 0.1) is 0 Å². The molecular weight excluding hydrogens is 307 g/mol. The van der Waals surface area contributed by atoms with Crippen LogP contribution < -0.4 is 0 Å². The molecule has 0 bridgehead atoms. The van der Waals surface area contributed by atoms with Crippen LogP contribution in [0.2, 0.25) is 0 Å². The SMILES string of the molecule is CC(C)OC(=O)CCCCC(=O)OC(C)C.CCO.OB(O)O. The fraction of sp³-hybridized carbons (Fsp3) is 0.857. The molecular formula is C14H31BO8. The Morgan fingerprint density at radius 3 is 1.26 bits per heavy atom. The van der Waals surface area contributed by atoms with E-state index in [0.717, 1.165) is 0 Å². The Kier molecular flexibility index (Phi) is 22.0. The third-order valence-corrected chi connectivity index (χ3v) is 1.75. The van der Waals surface area contributed by atoms with E-state index >= 15 is 0 Å². The first kappa shape index (κ1) is 26.7. The lowest BCUT2D eigenvalue weighted by Crippen LogP contribution is -2.12. The van der Waals surface area contributed by atoms with Crippen LogP contribution in [0.5, 0.6) is 0 Å². The van der Waals surface area contributed by atoms with Crippen molar-refractivity contribution >= 4 is 19.3 Å². The number of carbonyl (C=O) groups excluding carboxylic acids is 2. The van der Waals surface area contributed by atoms with Gasteiger partial charge in [-0.3, -0.25) is 9.59 Å². The van der Waals surface area contributed by atoms with E-state index in [2.05, 4.69) is 0 Å². The van der Waals surface area contributed by atoms with Crippen molar-refractivity contribution in [2.75, 3.05) is 6.61 Å². The van der Waals surface area contributed by atoms with Gasteiger partial charge in [0, 0.05) is 19.4 Å². The molecule has 23 heavy (non-hydrogen) atoms. The molecule has 0 fully saturated rings. The summed E-state index contributed by atoms with van der Waals surface area (Å²) >= 11 is 0. The second-order valence-corrected chi connectivity index (χ2v) is 4.95. The molecule has 0 saturated carbocycles. The lowest BCUT2D eigenvalue weighted by atomic mass is 10.2. The van der Waals surface area contributed by atoms with Gasteiger partial charge in [-0.25, -0.2) is 0 Å². The van der Waals surface area contributed by atoms with Gasteiger partial charge in [-0.2, -0.15) is 0 Å². The zero-order chi connectivity index (χ0) is 18.8. The highest BCUT2D eigenvalue weighted by Gasteiger charge is 2.08. The molecule has 0 aromatic heterocycles. The molecule has 0 radical (unpaired) electrons.